The molecule has 1 amide bonds. The van der Waals surface area contributed by atoms with Gasteiger partial charge in [0, 0.05) is 50.1 Å². The molecule has 0 bridgehead atoms. The molecule has 3 aromatic rings. The Morgan fingerprint density at radius 3 is 2.85 bits per heavy atom. The van der Waals surface area contributed by atoms with E-state index in [1.165, 1.54) is 12.1 Å². The van der Waals surface area contributed by atoms with Crippen molar-refractivity contribution in [3.05, 3.63) is 66.0 Å². The van der Waals surface area contributed by atoms with Crippen LogP contribution >= 0.6 is 0 Å². The lowest BCUT2D eigenvalue weighted by molar-refractivity contribution is 0.0784. The second kappa shape index (κ2) is 8.51. The molecule has 0 aliphatic carbocycles. The minimum absolute atomic E-state index is 0.0158. The highest BCUT2D eigenvalue weighted by molar-refractivity contribution is 5.95. The summed E-state index contributed by atoms with van der Waals surface area (Å²) >= 11 is 0. The number of methoxy groups -OCH3 is 1. The number of aromatic hydroxyl groups is 1. The Morgan fingerprint density at radius 1 is 1.19 bits per heavy atom. The summed E-state index contributed by atoms with van der Waals surface area (Å²) in [4.78, 5) is 18.6. The lowest BCUT2D eigenvalue weighted by atomic mass is 10.1. The number of hydrogen-bond donors (Lipinski definition) is 1. The number of hydrogen-bond acceptors (Lipinski definition) is 5. The van der Waals surface area contributed by atoms with Crippen LogP contribution in [0, 0.1) is 0 Å². The maximum Gasteiger partial charge on any atom is 0.254 e. The Kier molecular flexibility index (Phi) is 5.88. The van der Waals surface area contributed by atoms with Gasteiger partial charge in [0.2, 0.25) is 0 Å². The number of carbonyl (C=O) groups is 1. The van der Waals surface area contributed by atoms with E-state index in [1.54, 1.807) is 37.5 Å². The minimum atomic E-state index is -0.200. The fourth-order valence-electron chi connectivity index (χ4n) is 2.91. The first-order chi connectivity index (χ1) is 13.1. The average Bonchev–Trinajstić information content (AvgIpc) is 2.67. The highest BCUT2D eigenvalue weighted by Crippen LogP contribution is 2.24. The monoisotopic (exact) mass is 366 g/mol. The first kappa shape index (κ1) is 18.7. The molecule has 3 rings (SSSR count). The van der Waals surface area contributed by atoms with E-state index < -0.39 is 0 Å². The van der Waals surface area contributed by atoms with E-state index >= 15 is 0 Å². The van der Waals surface area contributed by atoms with Crippen molar-refractivity contribution in [1.29, 1.82) is 0 Å². The number of benzene rings is 2. The summed E-state index contributed by atoms with van der Waals surface area (Å²) in [5.41, 5.74) is 1.40. The molecule has 0 atom stereocenters. The number of nitrogens with zero attached hydrogens (tertiary/aromatic N) is 2. The lowest BCUT2D eigenvalue weighted by Crippen LogP contribution is -2.26. The number of carbonyl (C=O) groups excluding carboxylic acids is 1. The molecule has 0 spiro atoms. The largest absolute Gasteiger partial charge is 0.508 e. The zero-order valence-corrected chi connectivity index (χ0v) is 15.4. The van der Waals surface area contributed by atoms with Crippen LogP contribution in [-0.2, 0) is 11.3 Å². The third kappa shape index (κ3) is 4.54. The van der Waals surface area contributed by atoms with E-state index in [-0.39, 0.29) is 11.7 Å². The van der Waals surface area contributed by atoms with E-state index in [0.29, 0.717) is 31.1 Å². The first-order valence-electron chi connectivity index (χ1n) is 8.61. The number of amides is 1. The normalized spacial score (nSPS) is 10.7. The molecule has 0 aliphatic heterocycles. The Labute approximate surface area is 158 Å². The van der Waals surface area contributed by atoms with Crippen LogP contribution in [0.25, 0.3) is 10.8 Å². The van der Waals surface area contributed by atoms with Crippen LogP contribution in [0.15, 0.2) is 54.9 Å². The van der Waals surface area contributed by atoms with Crippen LogP contribution in [0.4, 0.5) is 0 Å². The van der Waals surface area contributed by atoms with Crippen LogP contribution < -0.4 is 4.74 Å². The number of phenols is 1. The Balaban J connectivity index is 1.78. The number of rotatable bonds is 7. The van der Waals surface area contributed by atoms with E-state index in [1.807, 2.05) is 24.3 Å². The number of pyridine rings is 1. The molecule has 2 aromatic carbocycles. The van der Waals surface area contributed by atoms with Crippen molar-refractivity contribution in [2.75, 3.05) is 27.4 Å². The molecule has 1 heterocycles. The van der Waals surface area contributed by atoms with Gasteiger partial charge in [-0.05, 0) is 29.1 Å². The smallest absolute Gasteiger partial charge is 0.254 e. The third-order valence-electron chi connectivity index (χ3n) is 4.22. The lowest BCUT2D eigenvalue weighted by Gasteiger charge is -2.19. The van der Waals surface area contributed by atoms with Crippen molar-refractivity contribution in [2.24, 2.45) is 0 Å². The highest BCUT2D eigenvalue weighted by atomic mass is 16.5. The van der Waals surface area contributed by atoms with Gasteiger partial charge in [-0.3, -0.25) is 9.78 Å². The molecule has 0 saturated heterocycles. The van der Waals surface area contributed by atoms with Crippen LogP contribution in [0.5, 0.6) is 11.5 Å². The van der Waals surface area contributed by atoms with Crippen molar-refractivity contribution in [3.63, 3.8) is 0 Å². The van der Waals surface area contributed by atoms with Crippen molar-refractivity contribution in [2.45, 2.75) is 6.54 Å². The van der Waals surface area contributed by atoms with E-state index in [2.05, 4.69) is 4.98 Å². The zero-order valence-electron chi connectivity index (χ0n) is 15.4. The zero-order chi connectivity index (χ0) is 19.2. The second-order valence-corrected chi connectivity index (χ2v) is 6.23. The minimum Gasteiger partial charge on any atom is -0.508 e. The summed E-state index contributed by atoms with van der Waals surface area (Å²) in [6, 6.07) is 12.4. The fraction of sp³-hybridized carbons (Fsp3) is 0.238. The van der Waals surface area contributed by atoms with Gasteiger partial charge in [0.1, 0.15) is 18.1 Å². The molecule has 0 fully saturated rings. The Bertz CT molecular complexity index is 937. The van der Waals surface area contributed by atoms with E-state index in [4.69, 9.17) is 9.47 Å². The van der Waals surface area contributed by atoms with E-state index in [9.17, 15) is 9.90 Å². The Hall–Kier alpha value is -3.12. The molecule has 27 heavy (non-hydrogen) atoms. The van der Waals surface area contributed by atoms with Gasteiger partial charge in [-0.15, -0.1) is 0 Å². The molecule has 1 aromatic heterocycles. The van der Waals surface area contributed by atoms with Crippen LogP contribution in [0.2, 0.25) is 0 Å². The van der Waals surface area contributed by atoms with Crippen LogP contribution in [0.3, 0.4) is 0 Å². The molecule has 1 N–H and O–H groups in total. The van der Waals surface area contributed by atoms with Crippen molar-refractivity contribution < 1.29 is 19.4 Å². The maximum atomic E-state index is 12.8. The van der Waals surface area contributed by atoms with E-state index in [0.717, 1.165) is 16.3 Å². The molecular formula is C21H22N2O4. The summed E-state index contributed by atoms with van der Waals surface area (Å²) in [7, 11) is 3.32. The number of phenolic OH excluding ortho intramolecular Hbond substituents is 1. The van der Waals surface area contributed by atoms with Gasteiger partial charge in [-0.1, -0.05) is 18.2 Å². The molecule has 0 aliphatic rings. The predicted octanol–water partition coefficient (Wildman–Crippen LogP) is 3.24. The number of ether oxygens (including phenoxy) is 2. The summed E-state index contributed by atoms with van der Waals surface area (Å²) in [6.45, 7) is 1.21. The van der Waals surface area contributed by atoms with Gasteiger partial charge >= 0.3 is 0 Å². The van der Waals surface area contributed by atoms with Crippen molar-refractivity contribution in [3.8, 4) is 11.5 Å². The third-order valence-corrected chi connectivity index (χ3v) is 4.22. The summed E-state index contributed by atoms with van der Waals surface area (Å²) in [5.74, 6) is 0.214. The van der Waals surface area contributed by atoms with Gasteiger partial charge in [0.05, 0.1) is 6.61 Å². The Morgan fingerprint density at radius 2 is 2.04 bits per heavy atom. The molecule has 6 nitrogen and oxygen atoms in total. The average molecular weight is 366 g/mol. The van der Waals surface area contributed by atoms with Gasteiger partial charge < -0.3 is 19.5 Å². The van der Waals surface area contributed by atoms with Crippen molar-refractivity contribution in [1.82, 2.24) is 9.88 Å². The molecule has 0 unspecified atom stereocenters. The summed E-state index contributed by atoms with van der Waals surface area (Å²) in [5, 5.41) is 12.0. The maximum absolute atomic E-state index is 12.8. The topological polar surface area (TPSA) is 71.9 Å². The molecule has 0 saturated carbocycles. The number of aromatic nitrogens is 1. The van der Waals surface area contributed by atoms with Crippen LogP contribution in [-0.4, -0.2) is 48.3 Å². The molecule has 0 radical (unpaired) electrons. The molecule has 6 heteroatoms. The standard InChI is InChI=1S/C21H22N2O4/c1-23(14-16-5-3-4-15-13-22-7-6-20(15)16)21(25)17-10-18(24)12-19(11-17)27-9-8-26-2/h3-7,10-13,24H,8-9,14H2,1-2H3. The van der Waals surface area contributed by atoms with Gasteiger partial charge in [0.15, 0.2) is 0 Å². The van der Waals surface area contributed by atoms with Crippen LogP contribution in [0.1, 0.15) is 15.9 Å². The quantitative estimate of drug-likeness (QED) is 0.650. The second-order valence-electron chi connectivity index (χ2n) is 6.23. The predicted molar refractivity (Wildman–Crippen MR) is 103 cm³/mol. The van der Waals surface area contributed by atoms with Gasteiger partial charge in [0.25, 0.3) is 5.91 Å². The number of fused-ring (bicyclic) bond motifs is 1. The summed E-state index contributed by atoms with van der Waals surface area (Å²) < 4.78 is 10.5. The molecule has 140 valence electrons. The molecular weight excluding hydrogens is 344 g/mol. The fourth-order valence-corrected chi connectivity index (χ4v) is 2.91. The highest BCUT2D eigenvalue weighted by Gasteiger charge is 2.15. The van der Waals surface area contributed by atoms with Crippen molar-refractivity contribution >= 4 is 16.7 Å². The van der Waals surface area contributed by atoms with Gasteiger partial charge in [-0.25, -0.2) is 0 Å². The summed E-state index contributed by atoms with van der Waals surface area (Å²) in [6.07, 6.45) is 3.55. The first-order valence-corrected chi connectivity index (χ1v) is 8.61. The SMILES string of the molecule is COCCOc1cc(O)cc(C(=O)N(C)Cc2cccc3cnccc23)c1. The van der Waals surface area contributed by atoms with Gasteiger partial charge in [-0.2, -0.15) is 0 Å².